The summed E-state index contributed by atoms with van der Waals surface area (Å²) in [6.45, 7) is 2.69. The maximum Gasteiger partial charge on any atom is 0.278 e. The number of hydrogen-bond donors (Lipinski definition) is 0. The lowest BCUT2D eigenvalue weighted by molar-refractivity contribution is -0.136. The van der Waals surface area contributed by atoms with E-state index in [0.717, 1.165) is 29.8 Å². The van der Waals surface area contributed by atoms with Crippen LogP contribution in [-0.4, -0.2) is 30.3 Å². The molecule has 0 saturated heterocycles. The van der Waals surface area contributed by atoms with E-state index in [2.05, 4.69) is 6.92 Å². The number of amides is 2. The number of thiophene rings is 1. The van der Waals surface area contributed by atoms with Crippen LogP contribution in [0.25, 0.3) is 5.57 Å². The van der Waals surface area contributed by atoms with Gasteiger partial charge in [0, 0.05) is 24.2 Å². The zero-order valence-corrected chi connectivity index (χ0v) is 17.5. The molecule has 0 radical (unpaired) electrons. The summed E-state index contributed by atoms with van der Waals surface area (Å²) in [5, 5.41) is 1.94. The summed E-state index contributed by atoms with van der Waals surface area (Å²) in [5.41, 5.74) is 1.90. The van der Waals surface area contributed by atoms with Crippen molar-refractivity contribution in [2.24, 2.45) is 0 Å². The normalized spacial score (nSPS) is 14.3. The molecule has 4 nitrogen and oxygen atoms in total. The Morgan fingerprint density at radius 3 is 2.29 bits per heavy atom. The molecule has 0 spiro atoms. The van der Waals surface area contributed by atoms with Crippen molar-refractivity contribution in [1.82, 2.24) is 4.90 Å². The van der Waals surface area contributed by atoms with E-state index in [1.54, 1.807) is 0 Å². The number of carbonyl (C=O) groups excluding carboxylic acids is 2. The molecule has 1 aliphatic heterocycles. The SMILES string of the molecule is CCCCCCCCN1C(=O)C(c2cccs2)=C(N(C)c2ccccc2)C1=O. The van der Waals surface area contributed by atoms with Gasteiger partial charge in [-0.3, -0.25) is 14.5 Å². The zero-order valence-electron chi connectivity index (χ0n) is 16.7. The molecule has 1 aliphatic rings. The Morgan fingerprint density at radius 1 is 0.893 bits per heavy atom. The lowest BCUT2D eigenvalue weighted by Gasteiger charge is -2.21. The lowest BCUT2D eigenvalue weighted by atomic mass is 10.1. The van der Waals surface area contributed by atoms with Crippen molar-refractivity contribution in [2.75, 3.05) is 18.5 Å². The molecule has 0 bridgehead atoms. The van der Waals surface area contributed by atoms with Crippen molar-refractivity contribution in [3.05, 3.63) is 58.4 Å². The van der Waals surface area contributed by atoms with Gasteiger partial charge in [-0.25, -0.2) is 0 Å². The Labute approximate surface area is 171 Å². The molecule has 5 heteroatoms. The van der Waals surface area contributed by atoms with Gasteiger partial charge < -0.3 is 4.90 Å². The van der Waals surface area contributed by atoms with Crippen molar-refractivity contribution >= 4 is 34.4 Å². The third-order valence-corrected chi connectivity index (χ3v) is 6.01. The third kappa shape index (κ3) is 4.36. The molecule has 2 amide bonds. The third-order valence-electron chi connectivity index (χ3n) is 5.13. The summed E-state index contributed by atoms with van der Waals surface area (Å²) in [5.74, 6) is -0.355. The van der Waals surface area contributed by atoms with E-state index >= 15 is 0 Å². The topological polar surface area (TPSA) is 40.6 Å². The number of carbonyl (C=O) groups is 2. The maximum atomic E-state index is 13.2. The Bertz CT molecular complexity index is 828. The van der Waals surface area contributed by atoms with Crippen LogP contribution in [-0.2, 0) is 9.59 Å². The van der Waals surface area contributed by atoms with Gasteiger partial charge in [0.1, 0.15) is 5.70 Å². The number of imide groups is 1. The van der Waals surface area contributed by atoms with Crippen LogP contribution in [0.5, 0.6) is 0 Å². The van der Waals surface area contributed by atoms with E-state index in [0.29, 0.717) is 17.8 Å². The summed E-state index contributed by atoms with van der Waals surface area (Å²) in [7, 11) is 1.86. The zero-order chi connectivity index (χ0) is 19.9. The molecule has 0 aliphatic carbocycles. The van der Waals surface area contributed by atoms with Gasteiger partial charge in [-0.05, 0) is 30.0 Å². The number of rotatable bonds is 10. The minimum Gasteiger partial charge on any atom is -0.339 e. The molecular weight excluding hydrogens is 368 g/mol. The number of likely N-dealkylation sites (N-methyl/N-ethyl adjacent to an activating group) is 1. The second-order valence-corrected chi connectivity index (χ2v) is 8.07. The predicted octanol–water partition coefficient (Wildman–Crippen LogP) is 5.32. The highest BCUT2D eigenvalue weighted by Crippen LogP contribution is 2.35. The molecule has 2 aromatic rings. The van der Waals surface area contributed by atoms with Crippen molar-refractivity contribution in [1.29, 1.82) is 0 Å². The van der Waals surface area contributed by atoms with Crippen molar-refractivity contribution in [2.45, 2.75) is 45.4 Å². The summed E-state index contributed by atoms with van der Waals surface area (Å²) >= 11 is 1.50. The molecule has 2 heterocycles. The van der Waals surface area contributed by atoms with Gasteiger partial charge in [0.2, 0.25) is 0 Å². The Morgan fingerprint density at radius 2 is 1.61 bits per heavy atom. The van der Waals surface area contributed by atoms with E-state index in [1.165, 1.54) is 35.5 Å². The van der Waals surface area contributed by atoms with Gasteiger partial charge in [0.05, 0.1) is 5.57 Å². The molecule has 28 heavy (non-hydrogen) atoms. The smallest absolute Gasteiger partial charge is 0.278 e. The fourth-order valence-electron chi connectivity index (χ4n) is 3.55. The summed E-state index contributed by atoms with van der Waals surface area (Å²) in [6, 6.07) is 13.6. The predicted molar refractivity (Wildman–Crippen MR) is 116 cm³/mol. The fraction of sp³-hybridized carbons (Fsp3) is 0.391. The molecule has 0 unspecified atom stereocenters. The number of nitrogens with zero attached hydrogens (tertiary/aromatic N) is 2. The highest BCUT2D eigenvalue weighted by Gasteiger charge is 2.41. The van der Waals surface area contributed by atoms with Crippen molar-refractivity contribution < 1.29 is 9.59 Å². The van der Waals surface area contributed by atoms with Crippen LogP contribution in [0, 0.1) is 0 Å². The Balaban J connectivity index is 1.80. The first-order chi connectivity index (χ1) is 13.6. The minimum absolute atomic E-state index is 0.168. The number of anilines is 1. The first-order valence-corrected chi connectivity index (χ1v) is 11.0. The van der Waals surface area contributed by atoms with Gasteiger partial charge in [0.15, 0.2) is 0 Å². The Hall–Kier alpha value is -2.40. The van der Waals surface area contributed by atoms with Crippen LogP contribution in [0.2, 0.25) is 0 Å². The number of benzene rings is 1. The highest BCUT2D eigenvalue weighted by molar-refractivity contribution is 7.11. The maximum absolute atomic E-state index is 13.2. The molecular formula is C23H28N2O2S. The van der Waals surface area contributed by atoms with Crippen LogP contribution < -0.4 is 4.90 Å². The number of hydrogen-bond acceptors (Lipinski definition) is 4. The molecule has 1 aromatic carbocycles. The van der Waals surface area contributed by atoms with Crippen LogP contribution in [0.1, 0.15) is 50.3 Å². The van der Waals surface area contributed by atoms with E-state index < -0.39 is 0 Å². The average molecular weight is 397 g/mol. The quantitative estimate of drug-likeness (QED) is 0.403. The van der Waals surface area contributed by atoms with Gasteiger partial charge in [-0.15, -0.1) is 11.3 Å². The first-order valence-electron chi connectivity index (χ1n) is 10.1. The van der Waals surface area contributed by atoms with E-state index in [-0.39, 0.29) is 11.8 Å². The Kier molecular flexibility index (Phi) is 7.04. The molecule has 0 N–H and O–H groups in total. The van der Waals surface area contributed by atoms with E-state index in [4.69, 9.17) is 0 Å². The minimum atomic E-state index is -0.187. The second kappa shape index (κ2) is 9.69. The van der Waals surface area contributed by atoms with Crippen LogP contribution in [0.15, 0.2) is 53.5 Å². The van der Waals surface area contributed by atoms with E-state index in [9.17, 15) is 9.59 Å². The largest absolute Gasteiger partial charge is 0.339 e. The van der Waals surface area contributed by atoms with Crippen molar-refractivity contribution in [3.8, 4) is 0 Å². The average Bonchev–Trinajstić information content (AvgIpc) is 3.32. The van der Waals surface area contributed by atoms with Crippen LogP contribution >= 0.6 is 11.3 Å². The first kappa shape index (κ1) is 20.3. The van der Waals surface area contributed by atoms with Crippen molar-refractivity contribution in [3.63, 3.8) is 0 Å². The summed E-state index contributed by atoms with van der Waals surface area (Å²) < 4.78 is 0. The van der Waals surface area contributed by atoms with E-state index in [1.807, 2.05) is 59.8 Å². The summed E-state index contributed by atoms with van der Waals surface area (Å²) in [6.07, 6.45) is 6.76. The molecule has 0 atom stereocenters. The van der Waals surface area contributed by atoms with Gasteiger partial charge in [-0.2, -0.15) is 0 Å². The van der Waals surface area contributed by atoms with Crippen LogP contribution in [0.3, 0.4) is 0 Å². The molecule has 0 fully saturated rings. The monoisotopic (exact) mass is 396 g/mol. The molecule has 3 rings (SSSR count). The lowest BCUT2D eigenvalue weighted by Crippen LogP contribution is -2.35. The van der Waals surface area contributed by atoms with Crippen LogP contribution in [0.4, 0.5) is 5.69 Å². The van der Waals surface area contributed by atoms with Gasteiger partial charge in [-0.1, -0.05) is 63.3 Å². The summed E-state index contributed by atoms with van der Waals surface area (Å²) in [4.78, 5) is 30.5. The molecule has 148 valence electrons. The fourth-order valence-corrected chi connectivity index (χ4v) is 4.31. The van der Waals surface area contributed by atoms with Gasteiger partial charge in [0.25, 0.3) is 11.8 Å². The standard InChI is InChI=1S/C23H28N2O2S/c1-3-4-5-6-7-11-16-25-22(26)20(19-15-12-17-28-19)21(23(25)27)24(2)18-13-9-8-10-14-18/h8-10,12-15,17H,3-7,11,16H2,1-2H3. The number of unbranched alkanes of at least 4 members (excludes halogenated alkanes) is 5. The number of para-hydroxylation sites is 1. The van der Waals surface area contributed by atoms with Gasteiger partial charge >= 0.3 is 0 Å². The highest BCUT2D eigenvalue weighted by atomic mass is 32.1. The second-order valence-electron chi connectivity index (χ2n) is 7.13. The molecule has 0 saturated carbocycles. The molecule has 1 aromatic heterocycles.